The Morgan fingerprint density at radius 2 is 2.15 bits per heavy atom. The first-order chi connectivity index (χ1) is 5.93. The summed E-state index contributed by atoms with van der Waals surface area (Å²) in [5.74, 6) is -0.614. The van der Waals surface area contributed by atoms with Gasteiger partial charge in [-0.05, 0) is 19.9 Å². The standard InChI is InChI=1S/C9H12FNO2/c1-9(2,13)8(12)6-3-4-11-5-7(6)10/h3-5,8,12-13H,1-2H3. The van der Waals surface area contributed by atoms with Gasteiger partial charge in [-0.15, -0.1) is 0 Å². The van der Waals surface area contributed by atoms with Crippen LogP contribution in [0.1, 0.15) is 25.5 Å². The maximum Gasteiger partial charge on any atom is 0.147 e. The first-order valence-corrected chi connectivity index (χ1v) is 3.93. The molecule has 4 heteroatoms. The molecule has 0 aromatic carbocycles. The first-order valence-electron chi connectivity index (χ1n) is 3.93. The molecule has 1 rings (SSSR count). The highest BCUT2D eigenvalue weighted by molar-refractivity contribution is 5.18. The van der Waals surface area contributed by atoms with Crippen molar-refractivity contribution >= 4 is 0 Å². The van der Waals surface area contributed by atoms with Gasteiger partial charge in [0.05, 0.1) is 11.8 Å². The molecule has 1 heterocycles. The van der Waals surface area contributed by atoms with E-state index >= 15 is 0 Å². The molecule has 1 aromatic rings. The van der Waals surface area contributed by atoms with Gasteiger partial charge in [0.15, 0.2) is 0 Å². The summed E-state index contributed by atoms with van der Waals surface area (Å²) in [4.78, 5) is 3.54. The first kappa shape index (κ1) is 10.1. The van der Waals surface area contributed by atoms with Gasteiger partial charge in [0.25, 0.3) is 0 Å². The smallest absolute Gasteiger partial charge is 0.147 e. The SMILES string of the molecule is CC(C)(O)C(O)c1ccncc1F. The van der Waals surface area contributed by atoms with E-state index in [1.165, 1.54) is 26.1 Å². The van der Waals surface area contributed by atoms with Gasteiger partial charge in [-0.1, -0.05) is 0 Å². The third-order valence-electron chi connectivity index (χ3n) is 1.77. The molecule has 2 N–H and O–H groups in total. The molecular formula is C9H12FNO2. The van der Waals surface area contributed by atoms with E-state index < -0.39 is 17.5 Å². The van der Waals surface area contributed by atoms with Crippen LogP contribution in [0.4, 0.5) is 4.39 Å². The third-order valence-corrected chi connectivity index (χ3v) is 1.77. The fourth-order valence-electron chi connectivity index (χ4n) is 0.988. The van der Waals surface area contributed by atoms with E-state index in [1.807, 2.05) is 0 Å². The van der Waals surface area contributed by atoms with Crippen LogP contribution in [-0.2, 0) is 0 Å². The van der Waals surface area contributed by atoms with Crippen LogP contribution >= 0.6 is 0 Å². The second-order valence-corrected chi connectivity index (χ2v) is 3.45. The molecule has 1 unspecified atom stereocenters. The summed E-state index contributed by atoms with van der Waals surface area (Å²) in [6.45, 7) is 2.83. The molecule has 1 aromatic heterocycles. The predicted octanol–water partition coefficient (Wildman–Crippen LogP) is 1.02. The molecule has 13 heavy (non-hydrogen) atoms. The molecule has 1 atom stereocenters. The summed E-state index contributed by atoms with van der Waals surface area (Å²) in [6.07, 6.45) is 1.13. The van der Waals surface area contributed by atoms with Crippen LogP contribution in [0.25, 0.3) is 0 Å². The lowest BCUT2D eigenvalue weighted by atomic mass is 9.95. The van der Waals surface area contributed by atoms with Crippen LogP contribution in [0.5, 0.6) is 0 Å². The Labute approximate surface area is 75.9 Å². The van der Waals surface area contributed by atoms with E-state index in [0.29, 0.717) is 0 Å². The minimum atomic E-state index is -1.36. The van der Waals surface area contributed by atoms with Crippen molar-refractivity contribution in [3.05, 3.63) is 29.8 Å². The average Bonchev–Trinajstić information content (AvgIpc) is 2.02. The molecule has 0 bridgehead atoms. The van der Waals surface area contributed by atoms with Crippen LogP contribution in [0.2, 0.25) is 0 Å². The van der Waals surface area contributed by atoms with E-state index in [1.54, 1.807) is 0 Å². The lowest BCUT2D eigenvalue weighted by molar-refractivity contribution is -0.0513. The lowest BCUT2D eigenvalue weighted by Gasteiger charge is -2.24. The summed E-state index contributed by atoms with van der Waals surface area (Å²) in [5, 5.41) is 18.9. The van der Waals surface area contributed by atoms with Crippen molar-refractivity contribution in [3.8, 4) is 0 Å². The van der Waals surface area contributed by atoms with Gasteiger partial charge in [0.2, 0.25) is 0 Å². The largest absolute Gasteiger partial charge is 0.387 e. The van der Waals surface area contributed by atoms with Gasteiger partial charge in [0, 0.05) is 11.8 Å². The molecule has 0 fully saturated rings. The van der Waals surface area contributed by atoms with Gasteiger partial charge in [-0.25, -0.2) is 4.39 Å². The summed E-state index contributed by atoms with van der Waals surface area (Å²) in [7, 11) is 0. The number of rotatable bonds is 2. The van der Waals surface area contributed by atoms with Crippen LogP contribution in [0.3, 0.4) is 0 Å². The van der Waals surface area contributed by atoms with Crippen molar-refractivity contribution in [2.75, 3.05) is 0 Å². The molecule has 0 saturated heterocycles. The monoisotopic (exact) mass is 185 g/mol. The van der Waals surface area contributed by atoms with Crippen molar-refractivity contribution in [2.45, 2.75) is 25.6 Å². The van der Waals surface area contributed by atoms with Crippen LogP contribution in [-0.4, -0.2) is 20.8 Å². The maximum absolute atomic E-state index is 13.0. The summed E-state index contributed by atoms with van der Waals surface area (Å²) < 4.78 is 13.0. The highest BCUT2D eigenvalue weighted by atomic mass is 19.1. The Morgan fingerprint density at radius 1 is 1.54 bits per heavy atom. The fraction of sp³-hybridized carbons (Fsp3) is 0.444. The molecule has 3 nitrogen and oxygen atoms in total. The molecule has 0 amide bonds. The van der Waals surface area contributed by atoms with Crippen LogP contribution in [0, 0.1) is 5.82 Å². The summed E-state index contributed by atoms with van der Waals surface area (Å²) in [6, 6.07) is 1.35. The fourth-order valence-corrected chi connectivity index (χ4v) is 0.988. The number of hydrogen-bond donors (Lipinski definition) is 2. The Balaban J connectivity index is 3.02. The number of hydrogen-bond acceptors (Lipinski definition) is 3. The zero-order valence-corrected chi connectivity index (χ0v) is 7.53. The number of aliphatic hydroxyl groups is 2. The Morgan fingerprint density at radius 3 is 2.62 bits per heavy atom. The molecule has 72 valence electrons. The highest BCUT2D eigenvalue weighted by Gasteiger charge is 2.28. The molecule has 0 aliphatic heterocycles. The zero-order chi connectivity index (χ0) is 10.1. The lowest BCUT2D eigenvalue weighted by Crippen LogP contribution is -2.29. The number of pyridine rings is 1. The van der Waals surface area contributed by atoms with Crippen molar-refractivity contribution < 1.29 is 14.6 Å². The molecule has 0 aliphatic carbocycles. The Kier molecular flexibility index (Phi) is 2.63. The minimum Gasteiger partial charge on any atom is -0.387 e. The second-order valence-electron chi connectivity index (χ2n) is 3.45. The van der Waals surface area contributed by atoms with Crippen molar-refractivity contribution in [2.24, 2.45) is 0 Å². The molecular weight excluding hydrogens is 173 g/mol. The quantitative estimate of drug-likeness (QED) is 0.723. The van der Waals surface area contributed by atoms with Gasteiger partial charge in [-0.3, -0.25) is 4.98 Å². The Bertz CT molecular complexity index is 296. The predicted molar refractivity (Wildman–Crippen MR) is 45.5 cm³/mol. The number of aliphatic hydroxyl groups excluding tert-OH is 1. The van der Waals surface area contributed by atoms with Crippen molar-refractivity contribution in [1.29, 1.82) is 0 Å². The third kappa shape index (κ3) is 2.23. The van der Waals surface area contributed by atoms with E-state index in [0.717, 1.165) is 6.20 Å². The summed E-state index contributed by atoms with van der Waals surface area (Å²) >= 11 is 0. The number of nitrogens with zero attached hydrogens (tertiary/aromatic N) is 1. The number of aromatic nitrogens is 1. The normalized spacial score (nSPS) is 14.2. The Hall–Kier alpha value is -1.00. The zero-order valence-electron chi connectivity index (χ0n) is 7.53. The maximum atomic E-state index is 13.0. The van der Waals surface area contributed by atoms with Crippen molar-refractivity contribution in [3.63, 3.8) is 0 Å². The summed E-state index contributed by atoms with van der Waals surface area (Å²) in [5.41, 5.74) is -1.30. The van der Waals surface area contributed by atoms with Crippen molar-refractivity contribution in [1.82, 2.24) is 4.98 Å². The van der Waals surface area contributed by atoms with Gasteiger partial charge < -0.3 is 10.2 Å². The van der Waals surface area contributed by atoms with E-state index in [2.05, 4.69) is 4.98 Å². The van der Waals surface area contributed by atoms with Gasteiger partial charge in [0.1, 0.15) is 11.9 Å². The second kappa shape index (κ2) is 3.40. The molecule has 0 aliphatic rings. The minimum absolute atomic E-state index is 0.0579. The average molecular weight is 185 g/mol. The van der Waals surface area contributed by atoms with E-state index in [-0.39, 0.29) is 5.56 Å². The van der Waals surface area contributed by atoms with Crippen LogP contribution < -0.4 is 0 Å². The highest BCUT2D eigenvalue weighted by Crippen LogP contribution is 2.26. The van der Waals surface area contributed by atoms with Crippen LogP contribution in [0.15, 0.2) is 18.5 Å². The number of halogens is 1. The van der Waals surface area contributed by atoms with Gasteiger partial charge in [-0.2, -0.15) is 0 Å². The topological polar surface area (TPSA) is 53.4 Å². The molecule has 0 radical (unpaired) electrons. The van der Waals surface area contributed by atoms with Gasteiger partial charge >= 0.3 is 0 Å². The van der Waals surface area contributed by atoms with E-state index in [4.69, 9.17) is 0 Å². The molecule has 0 spiro atoms. The molecule has 0 saturated carbocycles. The van der Waals surface area contributed by atoms with E-state index in [9.17, 15) is 14.6 Å².